The highest BCUT2D eigenvalue weighted by atomic mass is 32.1. The number of thiophene rings is 2. The molecule has 3 aromatic rings. The van der Waals surface area contributed by atoms with Gasteiger partial charge in [-0.25, -0.2) is 4.79 Å². The summed E-state index contributed by atoms with van der Waals surface area (Å²) in [6, 6.07) is 12.3. The molecule has 0 bridgehead atoms. The Morgan fingerprint density at radius 3 is 2.14 bits per heavy atom. The van der Waals surface area contributed by atoms with Gasteiger partial charge in [-0.3, -0.25) is 10.1 Å². The monoisotopic (exact) mass is 419 g/mol. The Morgan fingerprint density at radius 1 is 1.14 bits per heavy atom. The Kier molecular flexibility index (Phi) is 6.08. The van der Waals surface area contributed by atoms with Gasteiger partial charge in [0.25, 0.3) is 5.69 Å². The van der Waals surface area contributed by atoms with Crippen LogP contribution in [0.5, 0.6) is 5.75 Å². The quantitative estimate of drug-likeness (QED) is 0.253. The minimum absolute atomic E-state index is 0.0674. The van der Waals surface area contributed by atoms with Crippen LogP contribution < -0.4 is 4.74 Å². The van der Waals surface area contributed by atoms with Crippen LogP contribution in [0.4, 0.5) is 5.69 Å². The molecule has 0 amide bonds. The number of rotatable bonds is 8. The van der Waals surface area contributed by atoms with Gasteiger partial charge in [0.2, 0.25) is 11.9 Å². The first-order chi connectivity index (χ1) is 13.4. The number of aliphatic hydroxyl groups is 1. The first-order valence-electron chi connectivity index (χ1n) is 8.37. The predicted molar refractivity (Wildman–Crippen MR) is 106 cm³/mol. The molecule has 0 aliphatic carbocycles. The topological polar surface area (TPSA) is 98.9 Å². The van der Waals surface area contributed by atoms with Crippen molar-refractivity contribution in [1.82, 2.24) is 0 Å². The molecule has 0 saturated heterocycles. The third-order valence-electron chi connectivity index (χ3n) is 3.94. The normalized spacial score (nSPS) is 12.4. The molecule has 9 heteroatoms. The third kappa shape index (κ3) is 4.06. The van der Waals surface area contributed by atoms with Crippen molar-refractivity contribution in [2.24, 2.45) is 0 Å². The van der Waals surface area contributed by atoms with E-state index < -0.39 is 22.8 Å². The van der Waals surface area contributed by atoms with Crippen LogP contribution in [0.15, 0.2) is 59.3 Å². The molecule has 0 aliphatic heterocycles. The maximum Gasteiger partial charge on any atom is 0.352 e. The van der Waals surface area contributed by atoms with Crippen LogP contribution in [0.3, 0.4) is 0 Å². The van der Waals surface area contributed by atoms with Crippen molar-refractivity contribution < 1.29 is 24.3 Å². The number of non-ortho nitro benzene ring substituents is 1. The molecule has 2 aromatic heterocycles. The number of nitro benzene ring substituents is 1. The number of carbonyl (C=O) groups excluding carboxylic acids is 1. The van der Waals surface area contributed by atoms with Crippen LogP contribution in [-0.4, -0.2) is 22.3 Å². The van der Waals surface area contributed by atoms with Crippen molar-refractivity contribution in [3.05, 3.63) is 79.2 Å². The maximum absolute atomic E-state index is 12.9. The minimum atomic E-state index is -1.92. The number of nitro groups is 1. The van der Waals surface area contributed by atoms with Gasteiger partial charge in [0.1, 0.15) is 5.75 Å². The fraction of sp³-hybridized carbons (Fsp3) is 0.211. The number of ether oxygens (including phenoxy) is 2. The summed E-state index contributed by atoms with van der Waals surface area (Å²) >= 11 is 2.50. The number of hydrogen-bond acceptors (Lipinski definition) is 8. The largest absolute Gasteiger partial charge is 0.455 e. The lowest BCUT2D eigenvalue weighted by molar-refractivity contribution is -0.384. The molecule has 1 aromatic carbocycles. The van der Waals surface area contributed by atoms with Gasteiger partial charge in [-0.05, 0) is 35.0 Å². The van der Waals surface area contributed by atoms with E-state index in [2.05, 4.69) is 0 Å². The zero-order valence-electron chi connectivity index (χ0n) is 14.8. The molecule has 3 rings (SSSR count). The zero-order valence-corrected chi connectivity index (χ0v) is 16.4. The molecule has 28 heavy (non-hydrogen) atoms. The molecule has 0 radical (unpaired) electrons. The maximum atomic E-state index is 12.9. The van der Waals surface area contributed by atoms with E-state index in [1.807, 2.05) is 0 Å². The summed E-state index contributed by atoms with van der Waals surface area (Å²) < 4.78 is 11.1. The van der Waals surface area contributed by atoms with Gasteiger partial charge in [-0.2, -0.15) is 0 Å². The summed E-state index contributed by atoms with van der Waals surface area (Å²) in [5, 5.41) is 25.5. The molecular weight excluding hydrogens is 402 g/mol. The number of hydrogen-bond donors (Lipinski definition) is 1. The Balaban J connectivity index is 1.79. The van der Waals surface area contributed by atoms with Crippen molar-refractivity contribution in [3.8, 4) is 5.75 Å². The molecule has 0 fully saturated rings. The lowest BCUT2D eigenvalue weighted by Crippen LogP contribution is -2.40. The van der Waals surface area contributed by atoms with Gasteiger partial charge >= 0.3 is 5.97 Å². The summed E-state index contributed by atoms with van der Waals surface area (Å²) in [4.78, 5) is 24.1. The highest BCUT2D eigenvalue weighted by molar-refractivity contribution is 7.12. The molecule has 1 atom stereocenters. The number of benzene rings is 1. The lowest BCUT2D eigenvalue weighted by Gasteiger charge is -2.27. The molecule has 0 aliphatic rings. The van der Waals surface area contributed by atoms with E-state index >= 15 is 0 Å². The Morgan fingerprint density at radius 2 is 1.71 bits per heavy atom. The van der Waals surface area contributed by atoms with E-state index in [9.17, 15) is 20.0 Å². The SMILES string of the molecule is CCC(OC(=O)C(O)(c1cccs1)c1cccs1)Oc1ccc([N+](=O)[O-])cc1. The van der Waals surface area contributed by atoms with Gasteiger partial charge in [-0.15, -0.1) is 22.7 Å². The summed E-state index contributed by atoms with van der Waals surface area (Å²) in [7, 11) is 0. The zero-order chi connectivity index (χ0) is 20.1. The van der Waals surface area contributed by atoms with E-state index in [1.165, 1.54) is 46.9 Å². The summed E-state index contributed by atoms with van der Waals surface area (Å²) in [6.45, 7) is 1.76. The fourth-order valence-electron chi connectivity index (χ4n) is 2.49. The van der Waals surface area contributed by atoms with E-state index in [0.717, 1.165) is 0 Å². The van der Waals surface area contributed by atoms with Crippen molar-refractivity contribution in [3.63, 3.8) is 0 Å². The van der Waals surface area contributed by atoms with Crippen LogP contribution in [0, 0.1) is 10.1 Å². The van der Waals surface area contributed by atoms with E-state index in [1.54, 1.807) is 41.9 Å². The number of esters is 1. The minimum Gasteiger partial charge on any atom is -0.455 e. The lowest BCUT2D eigenvalue weighted by atomic mass is 10.00. The summed E-state index contributed by atoms with van der Waals surface area (Å²) in [6.07, 6.45) is -0.631. The van der Waals surface area contributed by atoms with Crippen LogP contribution >= 0.6 is 22.7 Å². The van der Waals surface area contributed by atoms with Crippen molar-refractivity contribution >= 4 is 34.3 Å². The summed E-state index contributed by atoms with van der Waals surface area (Å²) in [5.41, 5.74) is -1.99. The van der Waals surface area contributed by atoms with E-state index in [-0.39, 0.29) is 5.69 Å². The summed E-state index contributed by atoms with van der Waals surface area (Å²) in [5.74, 6) is -0.521. The Bertz CT molecular complexity index is 888. The van der Waals surface area contributed by atoms with Gasteiger partial charge in [-0.1, -0.05) is 19.1 Å². The molecule has 2 heterocycles. The predicted octanol–water partition coefficient (Wildman–Crippen LogP) is 4.31. The molecule has 0 saturated carbocycles. The molecular formula is C19H17NO6S2. The highest BCUT2D eigenvalue weighted by Crippen LogP contribution is 2.37. The molecule has 7 nitrogen and oxygen atoms in total. The Hall–Kier alpha value is -2.75. The highest BCUT2D eigenvalue weighted by Gasteiger charge is 2.44. The second-order valence-electron chi connectivity index (χ2n) is 5.78. The average Bonchev–Trinajstić information content (AvgIpc) is 3.41. The molecule has 146 valence electrons. The van der Waals surface area contributed by atoms with Gasteiger partial charge in [0.05, 0.1) is 14.7 Å². The van der Waals surface area contributed by atoms with E-state index in [0.29, 0.717) is 21.9 Å². The standard InChI is InChI=1S/C19H17NO6S2/c1-2-17(25-14-9-7-13(8-10-14)20(23)24)26-18(21)19(22,15-5-3-11-27-15)16-6-4-12-28-16/h3-12,17,22H,2H2,1H3. The average molecular weight is 419 g/mol. The molecule has 0 spiro atoms. The first-order valence-corrected chi connectivity index (χ1v) is 10.1. The van der Waals surface area contributed by atoms with Crippen LogP contribution in [0.25, 0.3) is 0 Å². The van der Waals surface area contributed by atoms with Gasteiger partial charge in [0, 0.05) is 18.6 Å². The number of nitrogens with zero attached hydrogens (tertiary/aromatic N) is 1. The molecule has 1 N–H and O–H groups in total. The smallest absolute Gasteiger partial charge is 0.352 e. The van der Waals surface area contributed by atoms with Gasteiger partial charge in [0.15, 0.2) is 0 Å². The van der Waals surface area contributed by atoms with Gasteiger partial charge < -0.3 is 14.6 Å². The van der Waals surface area contributed by atoms with Crippen molar-refractivity contribution in [1.29, 1.82) is 0 Å². The second-order valence-corrected chi connectivity index (χ2v) is 7.67. The van der Waals surface area contributed by atoms with Crippen LogP contribution in [0.1, 0.15) is 23.1 Å². The molecule has 1 unspecified atom stereocenters. The fourth-order valence-corrected chi connectivity index (χ4v) is 4.20. The van der Waals surface area contributed by atoms with Crippen LogP contribution in [0.2, 0.25) is 0 Å². The van der Waals surface area contributed by atoms with E-state index in [4.69, 9.17) is 9.47 Å². The third-order valence-corrected chi connectivity index (χ3v) is 5.90. The second kappa shape index (κ2) is 8.51. The Labute approximate surface area is 168 Å². The first kappa shape index (κ1) is 20.0. The number of carbonyl (C=O) groups is 1. The van der Waals surface area contributed by atoms with Crippen molar-refractivity contribution in [2.75, 3.05) is 0 Å². The van der Waals surface area contributed by atoms with Crippen molar-refractivity contribution in [2.45, 2.75) is 25.2 Å². The van der Waals surface area contributed by atoms with Crippen LogP contribution in [-0.2, 0) is 15.1 Å².